The minimum Gasteiger partial charge on any atom is -0.324 e. The molecule has 0 aliphatic rings. The smallest absolute Gasteiger partial charge is 0.247 e. The molecule has 3 rings (SSSR count). The van der Waals surface area contributed by atoms with E-state index in [4.69, 9.17) is 28.2 Å². The van der Waals surface area contributed by atoms with E-state index < -0.39 is 6.04 Å². The van der Waals surface area contributed by atoms with Crippen LogP contribution in [0.2, 0.25) is 10.0 Å². The van der Waals surface area contributed by atoms with Crippen LogP contribution in [0.25, 0.3) is 11.0 Å². The van der Waals surface area contributed by atoms with Crippen molar-refractivity contribution in [1.82, 2.24) is 14.5 Å². The number of halogens is 2. The molecule has 0 spiro atoms. The molecular formula is C19H20Cl2N4O. The van der Waals surface area contributed by atoms with Crippen LogP contribution < -0.4 is 5.32 Å². The molecule has 1 unspecified atom stereocenters. The fourth-order valence-electron chi connectivity index (χ4n) is 2.91. The molecule has 1 amide bonds. The molecule has 1 atom stereocenters. The monoisotopic (exact) mass is 390 g/mol. The predicted octanol–water partition coefficient (Wildman–Crippen LogP) is 4.60. The lowest BCUT2D eigenvalue weighted by Crippen LogP contribution is -2.26. The van der Waals surface area contributed by atoms with Gasteiger partial charge in [0.2, 0.25) is 5.91 Å². The highest BCUT2D eigenvalue weighted by molar-refractivity contribution is 6.35. The van der Waals surface area contributed by atoms with Crippen LogP contribution in [0.5, 0.6) is 0 Å². The van der Waals surface area contributed by atoms with Crippen molar-refractivity contribution in [2.45, 2.75) is 19.5 Å². The highest BCUT2D eigenvalue weighted by Crippen LogP contribution is 2.25. The lowest BCUT2D eigenvalue weighted by molar-refractivity contribution is -0.118. The lowest BCUT2D eigenvalue weighted by Gasteiger charge is -2.19. The summed E-state index contributed by atoms with van der Waals surface area (Å²) < 4.78 is 1.97. The van der Waals surface area contributed by atoms with Gasteiger partial charge in [0.25, 0.3) is 0 Å². The molecule has 3 aromatic rings. The first kappa shape index (κ1) is 18.7. The summed E-state index contributed by atoms with van der Waals surface area (Å²) >= 11 is 12.0. The molecule has 0 fully saturated rings. The third kappa shape index (κ3) is 4.01. The summed E-state index contributed by atoms with van der Waals surface area (Å²) in [4.78, 5) is 19.6. The van der Waals surface area contributed by atoms with Gasteiger partial charge in [0.1, 0.15) is 11.9 Å². The van der Waals surface area contributed by atoms with Crippen molar-refractivity contribution in [2.24, 2.45) is 0 Å². The molecule has 1 aromatic heterocycles. The molecule has 0 bridgehead atoms. The van der Waals surface area contributed by atoms with Crippen molar-refractivity contribution in [3.05, 3.63) is 58.3 Å². The minimum absolute atomic E-state index is 0.161. The van der Waals surface area contributed by atoms with E-state index >= 15 is 0 Å². The van der Waals surface area contributed by atoms with Gasteiger partial charge in [-0.1, -0.05) is 35.3 Å². The molecule has 136 valence electrons. The number of aromatic nitrogens is 2. The first-order valence-corrected chi connectivity index (χ1v) is 8.98. The van der Waals surface area contributed by atoms with E-state index in [0.29, 0.717) is 22.3 Å². The van der Waals surface area contributed by atoms with E-state index in [1.807, 2.05) is 54.8 Å². The summed E-state index contributed by atoms with van der Waals surface area (Å²) in [6.07, 6.45) is 0. The number of imidazole rings is 1. The Bertz CT molecular complexity index is 932. The van der Waals surface area contributed by atoms with Crippen molar-refractivity contribution in [2.75, 3.05) is 19.4 Å². The summed E-state index contributed by atoms with van der Waals surface area (Å²) in [6, 6.07) is 12.3. The van der Waals surface area contributed by atoms with Crippen molar-refractivity contribution in [1.29, 1.82) is 0 Å². The summed E-state index contributed by atoms with van der Waals surface area (Å²) in [5.74, 6) is 0.675. The maximum Gasteiger partial charge on any atom is 0.247 e. The number of carbonyl (C=O) groups excluding carboxylic acids is 1. The molecule has 26 heavy (non-hydrogen) atoms. The number of anilines is 1. The Labute approximate surface area is 162 Å². The van der Waals surface area contributed by atoms with E-state index in [1.165, 1.54) is 0 Å². The van der Waals surface area contributed by atoms with E-state index in [0.717, 1.165) is 16.9 Å². The zero-order valence-electron chi connectivity index (χ0n) is 14.8. The van der Waals surface area contributed by atoms with Crippen molar-refractivity contribution >= 4 is 45.8 Å². The summed E-state index contributed by atoms with van der Waals surface area (Å²) in [5, 5.41) is 3.83. The van der Waals surface area contributed by atoms with Crippen LogP contribution in [0.4, 0.5) is 5.69 Å². The molecule has 0 radical (unpaired) electrons. The van der Waals surface area contributed by atoms with E-state index in [-0.39, 0.29) is 5.91 Å². The molecule has 0 aliphatic carbocycles. The second-order valence-electron chi connectivity index (χ2n) is 6.45. The number of carbonyl (C=O) groups is 1. The topological polar surface area (TPSA) is 50.2 Å². The van der Waals surface area contributed by atoms with E-state index in [9.17, 15) is 4.79 Å². The molecule has 2 aromatic carbocycles. The number of benzene rings is 2. The number of hydrogen-bond acceptors (Lipinski definition) is 3. The summed E-state index contributed by atoms with van der Waals surface area (Å²) in [5.41, 5.74) is 2.36. The van der Waals surface area contributed by atoms with Crippen LogP contribution >= 0.6 is 23.2 Å². The third-order valence-electron chi connectivity index (χ3n) is 4.02. The van der Waals surface area contributed by atoms with E-state index in [1.54, 1.807) is 18.2 Å². The van der Waals surface area contributed by atoms with Gasteiger partial charge < -0.3 is 14.8 Å². The molecule has 5 nitrogen and oxygen atoms in total. The Morgan fingerprint density at radius 3 is 2.50 bits per heavy atom. The zero-order chi connectivity index (χ0) is 18.8. The number of nitrogens with zero attached hydrogens (tertiary/aromatic N) is 3. The summed E-state index contributed by atoms with van der Waals surface area (Å²) in [7, 11) is 3.95. The highest BCUT2D eigenvalue weighted by Gasteiger charge is 2.22. The Balaban J connectivity index is 1.95. The van der Waals surface area contributed by atoms with Crippen molar-refractivity contribution < 1.29 is 4.79 Å². The normalized spacial score (nSPS) is 12.5. The molecular weight excluding hydrogens is 371 g/mol. The van der Waals surface area contributed by atoms with Gasteiger partial charge in [0.05, 0.1) is 17.6 Å². The van der Waals surface area contributed by atoms with Gasteiger partial charge in [-0.15, -0.1) is 0 Å². The molecule has 1 N–H and O–H groups in total. The van der Waals surface area contributed by atoms with Crippen LogP contribution in [-0.4, -0.2) is 34.5 Å². The molecule has 0 saturated carbocycles. The Morgan fingerprint density at radius 1 is 1.19 bits per heavy atom. The molecule has 7 heteroatoms. The standard InChI is InChI=1S/C19H20Cl2N4O/c1-12(19(26)22-15-9-13(20)8-14(21)10-15)25-17-7-5-4-6-16(17)23-18(25)11-24(2)3/h4-10,12H,11H2,1-3H3,(H,22,26). The van der Waals surface area contributed by atoms with Crippen molar-refractivity contribution in [3.63, 3.8) is 0 Å². The number of rotatable bonds is 5. The maximum absolute atomic E-state index is 12.9. The number of fused-ring (bicyclic) bond motifs is 1. The van der Waals surface area contributed by atoms with Gasteiger partial charge >= 0.3 is 0 Å². The predicted molar refractivity (Wildman–Crippen MR) is 107 cm³/mol. The van der Waals surface area contributed by atoms with Gasteiger partial charge in [-0.05, 0) is 51.4 Å². The molecule has 0 aliphatic heterocycles. The Hall–Kier alpha value is -2.08. The first-order chi connectivity index (χ1) is 12.3. The Morgan fingerprint density at radius 2 is 1.85 bits per heavy atom. The second kappa shape index (κ2) is 7.66. The average molecular weight is 391 g/mol. The Kier molecular flexibility index (Phi) is 5.51. The quantitative estimate of drug-likeness (QED) is 0.691. The largest absolute Gasteiger partial charge is 0.324 e. The number of amides is 1. The average Bonchev–Trinajstić information content (AvgIpc) is 2.90. The minimum atomic E-state index is -0.449. The van der Waals surface area contributed by atoms with Crippen LogP contribution in [0, 0.1) is 0 Å². The second-order valence-corrected chi connectivity index (χ2v) is 7.32. The van der Waals surface area contributed by atoms with Crippen LogP contribution in [0.1, 0.15) is 18.8 Å². The SMILES string of the molecule is CC(C(=O)Nc1cc(Cl)cc(Cl)c1)n1c(CN(C)C)nc2ccccc21. The third-order valence-corrected chi connectivity index (χ3v) is 4.46. The van der Waals surface area contributed by atoms with Gasteiger partial charge in [-0.3, -0.25) is 4.79 Å². The number of para-hydroxylation sites is 2. The fourth-order valence-corrected chi connectivity index (χ4v) is 3.44. The van der Waals surface area contributed by atoms with Crippen molar-refractivity contribution in [3.8, 4) is 0 Å². The van der Waals surface area contributed by atoms with E-state index in [2.05, 4.69) is 5.32 Å². The van der Waals surface area contributed by atoms with Gasteiger partial charge in [-0.25, -0.2) is 4.98 Å². The van der Waals surface area contributed by atoms with Crippen LogP contribution in [-0.2, 0) is 11.3 Å². The van der Waals surface area contributed by atoms with Gasteiger partial charge in [-0.2, -0.15) is 0 Å². The molecule has 0 saturated heterocycles. The fraction of sp³-hybridized carbons (Fsp3) is 0.263. The van der Waals surface area contributed by atoms with Gasteiger partial charge in [0, 0.05) is 15.7 Å². The van der Waals surface area contributed by atoms with Gasteiger partial charge in [0.15, 0.2) is 0 Å². The number of hydrogen-bond donors (Lipinski definition) is 1. The van der Waals surface area contributed by atoms with Crippen LogP contribution in [0.15, 0.2) is 42.5 Å². The maximum atomic E-state index is 12.9. The summed E-state index contributed by atoms with van der Waals surface area (Å²) in [6.45, 7) is 2.49. The molecule has 1 heterocycles. The highest BCUT2D eigenvalue weighted by atomic mass is 35.5. The lowest BCUT2D eigenvalue weighted by atomic mass is 10.2. The van der Waals surface area contributed by atoms with Crippen LogP contribution in [0.3, 0.4) is 0 Å². The number of nitrogens with one attached hydrogen (secondary N) is 1. The first-order valence-electron chi connectivity index (χ1n) is 8.22. The zero-order valence-corrected chi connectivity index (χ0v) is 16.3.